The molecule has 1 saturated carbocycles. The van der Waals surface area contributed by atoms with Gasteiger partial charge in [0, 0.05) is 29.8 Å². The number of anilines is 1. The number of benzene rings is 1. The Balaban J connectivity index is 2.09. The molecule has 0 aliphatic heterocycles. The average Bonchev–Trinajstić information content (AvgIpc) is 2.92. The zero-order valence-electron chi connectivity index (χ0n) is 10.9. The zero-order chi connectivity index (χ0) is 13.0. The van der Waals surface area contributed by atoms with Gasteiger partial charge >= 0.3 is 0 Å². The van der Waals surface area contributed by atoms with Crippen molar-refractivity contribution in [2.75, 3.05) is 19.5 Å². The first-order valence-electron chi connectivity index (χ1n) is 6.27. The van der Waals surface area contributed by atoms with Crippen LogP contribution in [0, 0.1) is 5.92 Å². The molecule has 2 rings (SSSR count). The van der Waals surface area contributed by atoms with E-state index in [1.807, 2.05) is 0 Å². The van der Waals surface area contributed by atoms with Crippen molar-refractivity contribution in [1.82, 2.24) is 0 Å². The molecule has 0 saturated heterocycles. The summed E-state index contributed by atoms with van der Waals surface area (Å²) in [6.45, 7) is 0. The predicted molar refractivity (Wildman–Crippen MR) is 70.1 cm³/mol. The Morgan fingerprint density at radius 3 is 2.17 bits per heavy atom. The van der Waals surface area contributed by atoms with Crippen LogP contribution in [-0.2, 0) is 4.79 Å². The monoisotopic (exact) mass is 249 g/mol. The molecule has 0 spiro atoms. The predicted octanol–water partition coefficient (Wildman–Crippen LogP) is 2.83. The molecule has 1 aromatic rings. The van der Waals surface area contributed by atoms with Crippen LogP contribution in [0.1, 0.15) is 25.7 Å². The van der Waals surface area contributed by atoms with E-state index in [0.717, 1.165) is 31.4 Å². The highest BCUT2D eigenvalue weighted by Crippen LogP contribution is 2.29. The van der Waals surface area contributed by atoms with Crippen molar-refractivity contribution in [2.24, 2.45) is 5.92 Å². The quantitative estimate of drug-likeness (QED) is 0.892. The van der Waals surface area contributed by atoms with Crippen LogP contribution in [0.25, 0.3) is 0 Å². The number of nitrogens with one attached hydrogen (secondary N) is 1. The average molecular weight is 249 g/mol. The van der Waals surface area contributed by atoms with Gasteiger partial charge in [-0.25, -0.2) is 0 Å². The molecule has 1 N–H and O–H groups in total. The summed E-state index contributed by atoms with van der Waals surface area (Å²) in [5, 5.41) is 2.93. The maximum atomic E-state index is 12.0. The van der Waals surface area contributed by atoms with E-state index in [-0.39, 0.29) is 11.8 Å². The first-order chi connectivity index (χ1) is 8.72. The molecule has 0 heterocycles. The van der Waals surface area contributed by atoms with Crippen LogP contribution in [0.2, 0.25) is 0 Å². The molecular weight excluding hydrogens is 230 g/mol. The molecule has 0 aromatic heterocycles. The fraction of sp³-hybridized carbons (Fsp3) is 0.500. The lowest BCUT2D eigenvalue weighted by Gasteiger charge is -2.12. The number of carbonyl (C=O) groups is 1. The maximum absolute atomic E-state index is 12.0. The summed E-state index contributed by atoms with van der Waals surface area (Å²) in [4.78, 5) is 12.0. The van der Waals surface area contributed by atoms with Gasteiger partial charge in [0.15, 0.2) is 0 Å². The molecule has 1 aliphatic rings. The normalized spacial score (nSPS) is 15.4. The van der Waals surface area contributed by atoms with Gasteiger partial charge in [-0.1, -0.05) is 12.8 Å². The molecule has 1 aromatic carbocycles. The number of ether oxygens (including phenoxy) is 2. The molecular formula is C14H19NO3. The van der Waals surface area contributed by atoms with Gasteiger partial charge in [0.05, 0.1) is 14.2 Å². The highest BCUT2D eigenvalue weighted by Gasteiger charge is 2.22. The summed E-state index contributed by atoms with van der Waals surface area (Å²) in [5.74, 6) is 1.61. The van der Waals surface area contributed by atoms with E-state index in [4.69, 9.17) is 9.47 Å². The lowest BCUT2D eigenvalue weighted by molar-refractivity contribution is -0.119. The fourth-order valence-electron chi connectivity index (χ4n) is 2.31. The van der Waals surface area contributed by atoms with Gasteiger partial charge in [0.2, 0.25) is 5.91 Å². The Hall–Kier alpha value is -1.71. The largest absolute Gasteiger partial charge is 0.497 e. The van der Waals surface area contributed by atoms with Crippen molar-refractivity contribution >= 4 is 11.6 Å². The number of methoxy groups -OCH3 is 2. The molecule has 1 aliphatic carbocycles. The molecule has 98 valence electrons. The Labute approximate surface area is 107 Å². The molecule has 18 heavy (non-hydrogen) atoms. The zero-order valence-corrected chi connectivity index (χ0v) is 10.9. The van der Waals surface area contributed by atoms with Gasteiger partial charge in [-0.15, -0.1) is 0 Å². The van der Waals surface area contributed by atoms with Crippen molar-refractivity contribution < 1.29 is 14.3 Å². The van der Waals surface area contributed by atoms with Crippen molar-refractivity contribution in [3.63, 3.8) is 0 Å². The second-order valence-electron chi connectivity index (χ2n) is 4.57. The van der Waals surface area contributed by atoms with Gasteiger partial charge in [0.25, 0.3) is 0 Å². The standard InChI is InChI=1S/C14H19NO3/c1-17-12-7-11(8-13(9-12)18-2)15-14(16)10-5-3-4-6-10/h7-10H,3-6H2,1-2H3,(H,15,16). The number of amides is 1. The number of hydrogen-bond acceptors (Lipinski definition) is 3. The molecule has 1 amide bonds. The van der Waals surface area contributed by atoms with Crippen LogP contribution in [0.5, 0.6) is 11.5 Å². The maximum Gasteiger partial charge on any atom is 0.227 e. The topological polar surface area (TPSA) is 47.6 Å². The fourth-order valence-corrected chi connectivity index (χ4v) is 2.31. The van der Waals surface area contributed by atoms with Crippen LogP contribution in [-0.4, -0.2) is 20.1 Å². The van der Waals surface area contributed by atoms with Crippen molar-refractivity contribution in [2.45, 2.75) is 25.7 Å². The van der Waals surface area contributed by atoms with E-state index >= 15 is 0 Å². The van der Waals surface area contributed by atoms with Gasteiger partial charge in [-0.05, 0) is 12.8 Å². The van der Waals surface area contributed by atoms with Crippen molar-refractivity contribution in [3.05, 3.63) is 18.2 Å². The number of carbonyl (C=O) groups excluding carboxylic acids is 1. The molecule has 0 atom stereocenters. The van der Waals surface area contributed by atoms with Crippen LogP contribution < -0.4 is 14.8 Å². The summed E-state index contributed by atoms with van der Waals surface area (Å²) < 4.78 is 10.3. The summed E-state index contributed by atoms with van der Waals surface area (Å²) in [5.41, 5.74) is 0.725. The third-order valence-electron chi connectivity index (χ3n) is 3.34. The van der Waals surface area contributed by atoms with Crippen molar-refractivity contribution in [3.8, 4) is 11.5 Å². The summed E-state index contributed by atoms with van der Waals surface area (Å²) in [7, 11) is 3.19. The van der Waals surface area contributed by atoms with Gasteiger partial charge in [0.1, 0.15) is 11.5 Å². The summed E-state index contributed by atoms with van der Waals surface area (Å²) in [6.07, 6.45) is 4.29. The van der Waals surface area contributed by atoms with E-state index in [1.165, 1.54) is 0 Å². The molecule has 1 fully saturated rings. The molecule has 4 nitrogen and oxygen atoms in total. The van der Waals surface area contributed by atoms with Crippen LogP contribution in [0.3, 0.4) is 0 Å². The highest BCUT2D eigenvalue weighted by molar-refractivity contribution is 5.93. The minimum absolute atomic E-state index is 0.0998. The third kappa shape index (κ3) is 2.94. The van der Waals surface area contributed by atoms with Gasteiger partial charge in [-0.2, -0.15) is 0 Å². The lowest BCUT2D eigenvalue weighted by Crippen LogP contribution is -2.20. The van der Waals surface area contributed by atoms with E-state index in [0.29, 0.717) is 11.5 Å². The Kier molecular flexibility index (Phi) is 4.07. The molecule has 0 radical (unpaired) electrons. The van der Waals surface area contributed by atoms with Crippen LogP contribution in [0.15, 0.2) is 18.2 Å². The second kappa shape index (κ2) is 5.76. The Morgan fingerprint density at radius 1 is 1.11 bits per heavy atom. The Bertz CT molecular complexity index is 403. The highest BCUT2D eigenvalue weighted by atomic mass is 16.5. The van der Waals surface area contributed by atoms with Crippen molar-refractivity contribution in [1.29, 1.82) is 0 Å². The lowest BCUT2D eigenvalue weighted by atomic mass is 10.1. The smallest absolute Gasteiger partial charge is 0.227 e. The Morgan fingerprint density at radius 2 is 1.67 bits per heavy atom. The summed E-state index contributed by atoms with van der Waals surface area (Å²) >= 11 is 0. The van der Waals surface area contributed by atoms with E-state index in [2.05, 4.69) is 5.32 Å². The summed E-state index contributed by atoms with van der Waals surface area (Å²) in [6, 6.07) is 5.38. The van der Waals surface area contributed by atoms with E-state index in [1.54, 1.807) is 32.4 Å². The van der Waals surface area contributed by atoms with E-state index < -0.39 is 0 Å². The van der Waals surface area contributed by atoms with Gasteiger partial charge < -0.3 is 14.8 Å². The number of rotatable bonds is 4. The minimum Gasteiger partial charge on any atom is -0.497 e. The number of hydrogen-bond donors (Lipinski definition) is 1. The van der Waals surface area contributed by atoms with Crippen LogP contribution >= 0.6 is 0 Å². The van der Waals surface area contributed by atoms with Crippen LogP contribution in [0.4, 0.5) is 5.69 Å². The molecule has 0 unspecified atom stereocenters. The van der Waals surface area contributed by atoms with Gasteiger partial charge in [-0.3, -0.25) is 4.79 Å². The second-order valence-corrected chi connectivity index (χ2v) is 4.57. The third-order valence-corrected chi connectivity index (χ3v) is 3.34. The minimum atomic E-state index is 0.0998. The molecule has 0 bridgehead atoms. The first kappa shape index (κ1) is 12.7. The first-order valence-corrected chi connectivity index (χ1v) is 6.27. The SMILES string of the molecule is COc1cc(NC(=O)C2CCCC2)cc(OC)c1. The van der Waals surface area contributed by atoms with E-state index in [9.17, 15) is 4.79 Å². The molecule has 4 heteroatoms.